The maximum Gasteiger partial charge on any atom is 0.212 e. The number of hydrogen-bond acceptors (Lipinski definition) is 7. The largest absolute Gasteiger partial charge is 0.497 e. The monoisotopic (exact) mass is 468 g/mol. The van der Waals surface area contributed by atoms with Crippen molar-refractivity contribution in [3.8, 4) is 17.2 Å². The molecule has 8 nitrogen and oxygen atoms in total. The van der Waals surface area contributed by atoms with Crippen LogP contribution in [0.15, 0.2) is 72.9 Å². The van der Waals surface area contributed by atoms with Gasteiger partial charge in [0, 0.05) is 35.3 Å². The van der Waals surface area contributed by atoms with Crippen LogP contribution in [0.5, 0.6) is 17.2 Å². The Morgan fingerprint density at radius 3 is 2.43 bits per heavy atom. The van der Waals surface area contributed by atoms with E-state index in [0.29, 0.717) is 52.2 Å². The Bertz CT molecular complexity index is 1530. The number of aromatic nitrogens is 3. The van der Waals surface area contributed by atoms with E-state index in [2.05, 4.69) is 5.32 Å². The second-order valence-electron chi connectivity index (χ2n) is 7.84. The lowest BCUT2D eigenvalue weighted by atomic mass is 10.1. The molecule has 8 heteroatoms. The first-order chi connectivity index (χ1) is 17.1. The Morgan fingerprint density at radius 1 is 0.886 bits per heavy atom. The molecule has 0 saturated carbocycles. The molecule has 3 aromatic carbocycles. The van der Waals surface area contributed by atoms with E-state index in [-0.39, 0.29) is 5.78 Å². The summed E-state index contributed by atoms with van der Waals surface area (Å²) in [7, 11) is 4.84. The fraction of sp³-hybridized carbons (Fsp3) is 0.148. The van der Waals surface area contributed by atoms with Crippen molar-refractivity contribution in [1.82, 2.24) is 14.4 Å². The minimum Gasteiger partial charge on any atom is -0.497 e. The average molecular weight is 469 g/mol. The molecule has 0 atom stereocenters. The number of nitrogens with one attached hydrogen (secondary N) is 1. The van der Waals surface area contributed by atoms with E-state index in [1.54, 1.807) is 44.1 Å². The summed E-state index contributed by atoms with van der Waals surface area (Å²) >= 11 is 0. The maximum absolute atomic E-state index is 13.1. The molecule has 2 aromatic heterocycles. The molecule has 0 aliphatic carbocycles. The van der Waals surface area contributed by atoms with Crippen molar-refractivity contribution in [3.05, 3.63) is 89.7 Å². The zero-order chi connectivity index (χ0) is 24.4. The Balaban J connectivity index is 1.61. The number of nitrogens with zero attached hydrogens (tertiary/aromatic N) is 3. The van der Waals surface area contributed by atoms with Gasteiger partial charge in [0.2, 0.25) is 11.7 Å². The van der Waals surface area contributed by atoms with Crippen molar-refractivity contribution in [1.29, 1.82) is 0 Å². The number of fused-ring (bicyclic) bond motifs is 3. The molecule has 0 aliphatic rings. The number of para-hydroxylation sites is 1. The predicted molar refractivity (Wildman–Crippen MR) is 134 cm³/mol. The van der Waals surface area contributed by atoms with E-state index in [4.69, 9.17) is 24.2 Å². The molecule has 0 spiro atoms. The molecule has 0 saturated heterocycles. The van der Waals surface area contributed by atoms with Gasteiger partial charge in [-0.15, -0.1) is 0 Å². The summed E-state index contributed by atoms with van der Waals surface area (Å²) in [6.07, 6.45) is 1.71. The first kappa shape index (κ1) is 22.2. The SMILES string of the molecule is COc1ccc(CNc2nc3c(OC)cccc3c3nc(C(=O)c4ccccc4)cn23)c(OC)c1. The molecule has 2 heterocycles. The average Bonchev–Trinajstić information content (AvgIpc) is 3.37. The lowest BCUT2D eigenvalue weighted by Gasteiger charge is -2.14. The number of anilines is 1. The summed E-state index contributed by atoms with van der Waals surface area (Å²) in [6, 6.07) is 20.4. The topological polar surface area (TPSA) is 87.0 Å². The summed E-state index contributed by atoms with van der Waals surface area (Å²) in [4.78, 5) is 22.7. The molecule has 35 heavy (non-hydrogen) atoms. The minimum atomic E-state index is -0.159. The fourth-order valence-corrected chi connectivity index (χ4v) is 4.02. The normalized spacial score (nSPS) is 10.9. The number of carbonyl (C=O) groups is 1. The van der Waals surface area contributed by atoms with E-state index in [1.807, 2.05) is 54.6 Å². The van der Waals surface area contributed by atoms with Gasteiger partial charge in [0.25, 0.3) is 0 Å². The van der Waals surface area contributed by atoms with Crippen LogP contribution in [0.1, 0.15) is 21.6 Å². The van der Waals surface area contributed by atoms with Gasteiger partial charge in [0.05, 0.1) is 21.3 Å². The number of rotatable bonds is 8. The van der Waals surface area contributed by atoms with Crippen LogP contribution in [0.25, 0.3) is 16.6 Å². The number of benzene rings is 3. The van der Waals surface area contributed by atoms with Crippen LogP contribution in [0.3, 0.4) is 0 Å². The Labute approximate surface area is 202 Å². The van der Waals surface area contributed by atoms with Crippen molar-refractivity contribution < 1.29 is 19.0 Å². The Hall–Kier alpha value is -4.59. The Kier molecular flexibility index (Phi) is 5.93. The lowest BCUT2D eigenvalue weighted by Crippen LogP contribution is -2.08. The van der Waals surface area contributed by atoms with Gasteiger partial charge < -0.3 is 19.5 Å². The molecule has 0 fully saturated rings. The zero-order valence-corrected chi connectivity index (χ0v) is 19.6. The first-order valence-corrected chi connectivity index (χ1v) is 11.0. The third-order valence-corrected chi connectivity index (χ3v) is 5.81. The van der Waals surface area contributed by atoms with E-state index in [0.717, 1.165) is 10.9 Å². The number of methoxy groups -OCH3 is 3. The summed E-state index contributed by atoms with van der Waals surface area (Å²) < 4.78 is 18.2. The molecule has 0 aliphatic heterocycles. The van der Waals surface area contributed by atoms with Crippen molar-refractivity contribution in [2.45, 2.75) is 6.54 Å². The summed E-state index contributed by atoms with van der Waals surface area (Å²) in [6.45, 7) is 0.427. The molecule has 0 unspecified atom stereocenters. The van der Waals surface area contributed by atoms with Gasteiger partial charge in [-0.2, -0.15) is 0 Å². The minimum absolute atomic E-state index is 0.159. The van der Waals surface area contributed by atoms with Gasteiger partial charge >= 0.3 is 0 Å². The van der Waals surface area contributed by atoms with E-state index < -0.39 is 0 Å². The fourth-order valence-electron chi connectivity index (χ4n) is 4.02. The summed E-state index contributed by atoms with van der Waals surface area (Å²) in [5.74, 6) is 2.38. The molecule has 0 bridgehead atoms. The van der Waals surface area contributed by atoms with Gasteiger partial charge in [-0.1, -0.05) is 36.4 Å². The molecule has 1 N–H and O–H groups in total. The number of hydrogen-bond donors (Lipinski definition) is 1. The maximum atomic E-state index is 13.1. The van der Waals surface area contributed by atoms with Crippen molar-refractivity contribution in [2.75, 3.05) is 26.6 Å². The highest BCUT2D eigenvalue weighted by Gasteiger charge is 2.19. The van der Waals surface area contributed by atoms with Crippen molar-refractivity contribution in [3.63, 3.8) is 0 Å². The van der Waals surface area contributed by atoms with Gasteiger partial charge in [-0.3, -0.25) is 9.20 Å². The molecular formula is C27H24N4O4. The van der Waals surface area contributed by atoms with Crippen LogP contribution >= 0.6 is 0 Å². The molecule has 0 amide bonds. The van der Waals surface area contributed by atoms with Crippen molar-refractivity contribution >= 4 is 28.3 Å². The predicted octanol–water partition coefficient (Wildman–Crippen LogP) is 4.75. The van der Waals surface area contributed by atoms with E-state index >= 15 is 0 Å². The van der Waals surface area contributed by atoms with Gasteiger partial charge in [0.15, 0.2) is 0 Å². The molecule has 5 rings (SSSR count). The highest BCUT2D eigenvalue weighted by atomic mass is 16.5. The van der Waals surface area contributed by atoms with Crippen LogP contribution in [-0.4, -0.2) is 41.5 Å². The highest BCUT2D eigenvalue weighted by Crippen LogP contribution is 2.30. The van der Waals surface area contributed by atoms with Crippen LogP contribution in [0.4, 0.5) is 5.95 Å². The highest BCUT2D eigenvalue weighted by molar-refractivity contribution is 6.09. The van der Waals surface area contributed by atoms with Crippen LogP contribution < -0.4 is 19.5 Å². The number of ketones is 1. The molecule has 176 valence electrons. The number of carbonyl (C=O) groups excluding carboxylic acids is 1. The first-order valence-electron chi connectivity index (χ1n) is 11.0. The van der Waals surface area contributed by atoms with E-state index in [1.165, 1.54) is 0 Å². The standard InChI is InChI=1S/C27H24N4O4/c1-33-19-13-12-18(23(14-19)35-3)15-28-27-30-24-20(10-7-11-22(24)34-2)26-29-21(16-31(26)27)25(32)17-8-5-4-6-9-17/h4-14,16H,15H2,1-3H3,(H,28,30). The summed E-state index contributed by atoms with van der Waals surface area (Å²) in [5.41, 5.74) is 3.08. The van der Waals surface area contributed by atoms with Gasteiger partial charge in [-0.25, -0.2) is 9.97 Å². The Morgan fingerprint density at radius 2 is 1.69 bits per heavy atom. The van der Waals surface area contributed by atoms with Crippen molar-refractivity contribution in [2.24, 2.45) is 0 Å². The summed E-state index contributed by atoms with van der Waals surface area (Å²) in [5, 5.41) is 4.16. The van der Waals surface area contributed by atoms with Gasteiger partial charge in [-0.05, 0) is 24.3 Å². The van der Waals surface area contributed by atoms with Crippen LogP contribution in [0.2, 0.25) is 0 Å². The molecule has 5 aromatic rings. The second-order valence-corrected chi connectivity index (χ2v) is 7.84. The van der Waals surface area contributed by atoms with Gasteiger partial charge in [0.1, 0.15) is 34.1 Å². The quantitative estimate of drug-likeness (QED) is 0.329. The number of imidazole rings is 1. The second kappa shape index (κ2) is 9.34. The smallest absolute Gasteiger partial charge is 0.212 e. The zero-order valence-electron chi connectivity index (χ0n) is 19.6. The van der Waals surface area contributed by atoms with E-state index in [9.17, 15) is 4.79 Å². The van der Waals surface area contributed by atoms with Crippen LogP contribution in [0, 0.1) is 0 Å². The molecule has 0 radical (unpaired) electrons. The molecular weight excluding hydrogens is 444 g/mol. The third-order valence-electron chi connectivity index (χ3n) is 5.81. The van der Waals surface area contributed by atoms with Crippen LogP contribution in [-0.2, 0) is 6.54 Å². The lowest BCUT2D eigenvalue weighted by molar-refractivity contribution is 0.103. The number of ether oxygens (including phenoxy) is 3. The third kappa shape index (κ3) is 4.10.